The molecule has 27 heavy (non-hydrogen) atoms. The third-order valence-corrected chi connectivity index (χ3v) is 5.26. The van der Waals surface area contributed by atoms with E-state index in [1.807, 2.05) is 32.4 Å². The first kappa shape index (κ1) is 19.7. The molecule has 1 aromatic heterocycles. The molecule has 0 bridgehead atoms. The summed E-state index contributed by atoms with van der Waals surface area (Å²) in [6, 6.07) is -0.0569. The lowest BCUT2D eigenvalue weighted by Crippen LogP contribution is -2.47. The van der Waals surface area contributed by atoms with E-state index in [4.69, 9.17) is 4.74 Å². The van der Waals surface area contributed by atoms with Crippen molar-refractivity contribution in [1.82, 2.24) is 14.7 Å². The standard InChI is InChI=1S/C19H30N4O4/c1-12-9-23-15(11-21(12)17(25)27-18(2,3)4)14(8-20-23)22-10-13(7-16(22)24)19(5,6)26/h8,12-13,26H,7,9-11H2,1-6H3/t12-,13?/m0/s1. The molecule has 2 amide bonds. The molecule has 3 heterocycles. The van der Waals surface area contributed by atoms with E-state index in [0.717, 1.165) is 5.69 Å². The Morgan fingerprint density at radius 1 is 1.26 bits per heavy atom. The first-order valence-electron chi connectivity index (χ1n) is 9.44. The van der Waals surface area contributed by atoms with Crippen LogP contribution < -0.4 is 4.90 Å². The Bertz CT molecular complexity index is 744. The maximum atomic E-state index is 12.6. The molecule has 2 atom stereocenters. The number of anilines is 1. The van der Waals surface area contributed by atoms with Crippen molar-refractivity contribution >= 4 is 17.7 Å². The van der Waals surface area contributed by atoms with Crippen molar-refractivity contribution < 1.29 is 19.4 Å². The summed E-state index contributed by atoms with van der Waals surface area (Å²) in [6.07, 6.45) is 1.63. The van der Waals surface area contributed by atoms with E-state index in [1.54, 1.807) is 29.8 Å². The van der Waals surface area contributed by atoms with Crippen LogP contribution in [0.4, 0.5) is 10.5 Å². The lowest BCUT2D eigenvalue weighted by molar-refractivity contribution is -0.118. The zero-order valence-electron chi connectivity index (χ0n) is 17.0. The molecule has 2 aliphatic heterocycles. The van der Waals surface area contributed by atoms with Crippen molar-refractivity contribution in [2.45, 2.75) is 78.3 Å². The van der Waals surface area contributed by atoms with Crippen molar-refractivity contribution in [2.75, 3.05) is 11.4 Å². The highest BCUT2D eigenvalue weighted by Crippen LogP contribution is 2.35. The van der Waals surface area contributed by atoms with Crippen molar-refractivity contribution in [2.24, 2.45) is 5.92 Å². The van der Waals surface area contributed by atoms with E-state index in [1.165, 1.54) is 0 Å². The Kier molecular flexibility index (Phi) is 4.74. The molecule has 8 nitrogen and oxygen atoms in total. The summed E-state index contributed by atoms with van der Waals surface area (Å²) in [5.74, 6) is -0.162. The van der Waals surface area contributed by atoms with Crippen LogP contribution in [0.1, 0.15) is 53.7 Å². The van der Waals surface area contributed by atoms with Crippen LogP contribution in [0.2, 0.25) is 0 Å². The van der Waals surface area contributed by atoms with Crippen molar-refractivity contribution in [3.8, 4) is 0 Å². The van der Waals surface area contributed by atoms with Gasteiger partial charge in [-0.05, 0) is 41.5 Å². The van der Waals surface area contributed by atoms with Gasteiger partial charge in [0, 0.05) is 18.9 Å². The van der Waals surface area contributed by atoms with E-state index < -0.39 is 11.2 Å². The predicted octanol–water partition coefficient (Wildman–Crippen LogP) is 2.15. The Balaban J connectivity index is 1.84. The van der Waals surface area contributed by atoms with Crippen LogP contribution >= 0.6 is 0 Å². The Labute approximate surface area is 160 Å². The molecule has 8 heteroatoms. The monoisotopic (exact) mass is 378 g/mol. The van der Waals surface area contributed by atoms with E-state index >= 15 is 0 Å². The fourth-order valence-electron chi connectivity index (χ4n) is 3.59. The first-order valence-corrected chi connectivity index (χ1v) is 9.44. The normalized spacial score (nSPS) is 23.6. The lowest BCUT2D eigenvalue weighted by atomic mass is 9.90. The van der Waals surface area contributed by atoms with Gasteiger partial charge in [-0.1, -0.05) is 0 Å². The minimum absolute atomic E-state index is 0.0274. The topological polar surface area (TPSA) is 87.9 Å². The molecule has 2 aliphatic rings. The van der Waals surface area contributed by atoms with Crippen LogP contribution in [-0.2, 0) is 22.6 Å². The van der Waals surface area contributed by atoms with Crippen LogP contribution in [0.3, 0.4) is 0 Å². The number of carbonyl (C=O) groups is 2. The Morgan fingerprint density at radius 3 is 2.48 bits per heavy atom. The fourth-order valence-corrected chi connectivity index (χ4v) is 3.59. The zero-order chi connectivity index (χ0) is 20.1. The lowest BCUT2D eigenvalue weighted by Gasteiger charge is -2.36. The number of fused-ring (bicyclic) bond motifs is 1. The maximum absolute atomic E-state index is 12.6. The molecule has 1 unspecified atom stereocenters. The largest absolute Gasteiger partial charge is 0.444 e. The molecule has 0 spiro atoms. The summed E-state index contributed by atoms with van der Waals surface area (Å²) in [5.41, 5.74) is 0.0487. The number of carbonyl (C=O) groups excluding carboxylic acids is 2. The number of amides is 2. The number of aromatic nitrogens is 2. The van der Waals surface area contributed by atoms with Crippen molar-refractivity contribution in [3.05, 3.63) is 11.9 Å². The molecule has 0 saturated carbocycles. The molecule has 1 aromatic rings. The van der Waals surface area contributed by atoms with Gasteiger partial charge in [0.15, 0.2) is 0 Å². The van der Waals surface area contributed by atoms with Gasteiger partial charge in [0.2, 0.25) is 5.91 Å². The number of rotatable bonds is 2. The van der Waals surface area contributed by atoms with Crippen LogP contribution in [-0.4, -0.2) is 55.6 Å². The first-order chi connectivity index (χ1) is 12.4. The molecule has 3 rings (SSSR count). The quantitative estimate of drug-likeness (QED) is 0.852. The smallest absolute Gasteiger partial charge is 0.410 e. The third kappa shape index (κ3) is 3.95. The van der Waals surface area contributed by atoms with Gasteiger partial charge in [-0.25, -0.2) is 4.79 Å². The summed E-state index contributed by atoms with van der Waals surface area (Å²) >= 11 is 0. The summed E-state index contributed by atoms with van der Waals surface area (Å²) in [5, 5.41) is 14.7. The molecule has 0 aromatic carbocycles. The molecular weight excluding hydrogens is 348 g/mol. The summed E-state index contributed by atoms with van der Waals surface area (Å²) in [4.78, 5) is 28.5. The maximum Gasteiger partial charge on any atom is 0.410 e. The van der Waals surface area contributed by atoms with E-state index in [9.17, 15) is 14.7 Å². The molecule has 1 saturated heterocycles. The second-order valence-electron chi connectivity index (χ2n) is 9.17. The van der Waals surface area contributed by atoms with Crippen molar-refractivity contribution in [3.63, 3.8) is 0 Å². The minimum atomic E-state index is -0.922. The number of nitrogens with zero attached hydrogens (tertiary/aromatic N) is 4. The third-order valence-electron chi connectivity index (χ3n) is 5.26. The second kappa shape index (κ2) is 6.51. The number of hydrogen-bond acceptors (Lipinski definition) is 5. The number of aliphatic hydroxyl groups is 1. The van der Waals surface area contributed by atoms with Gasteiger partial charge in [0.1, 0.15) is 5.60 Å². The highest BCUT2D eigenvalue weighted by Gasteiger charge is 2.41. The van der Waals surface area contributed by atoms with E-state index in [2.05, 4.69) is 5.10 Å². The van der Waals surface area contributed by atoms with Gasteiger partial charge < -0.3 is 14.7 Å². The molecule has 0 aliphatic carbocycles. The molecule has 150 valence electrons. The predicted molar refractivity (Wildman–Crippen MR) is 100 cm³/mol. The highest BCUT2D eigenvalue weighted by molar-refractivity contribution is 5.96. The van der Waals surface area contributed by atoms with Gasteiger partial charge in [0.25, 0.3) is 0 Å². The minimum Gasteiger partial charge on any atom is -0.444 e. The van der Waals surface area contributed by atoms with Crippen LogP contribution in [0, 0.1) is 5.92 Å². The molecule has 1 fully saturated rings. The van der Waals surface area contributed by atoms with Crippen molar-refractivity contribution in [1.29, 1.82) is 0 Å². The number of hydrogen-bond donors (Lipinski definition) is 1. The SMILES string of the molecule is C[C@H]1Cn2ncc(N3CC(C(C)(C)O)CC3=O)c2CN1C(=O)OC(C)(C)C. The summed E-state index contributed by atoms with van der Waals surface area (Å²) in [6.45, 7) is 12.3. The Morgan fingerprint density at radius 2 is 1.93 bits per heavy atom. The summed E-state index contributed by atoms with van der Waals surface area (Å²) < 4.78 is 7.38. The number of ether oxygens (including phenoxy) is 1. The molecule has 1 N–H and O–H groups in total. The van der Waals surface area contributed by atoms with Gasteiger partial charge in [-0.15, -0.1) is 0 Å². The van der Waals surface area contributed by atoms with E-state index in [0.29, 0.717) is 31.7 Å². The van der Waals surface area contributed by atoms with Crippen LogP contribution in [0.5, 0.6) is 0 Å². The van der Waals surface area contributed by atoms with E-state index in [-0.39, 0.29) is 24.0 Å². The molecule has 0 radical (unpaired) electrons. The summed E-state index contributed by atoms with van der Waals surface area (Å²) in [7, 11) is 0. The van der Waals surface area contributed by atoms with Gasteiger partial charge in [0.05, 0.1) is 42.3 Å². The fraction of sp³-hybridized carbons (Fsp3) is 0.737. The highest BCUT2D eigenvalue weighted by atomic mass is 16.6. The Hall–Kier alpha value is -2.09. The average Bonchev–Trinajstić information content (AvgIpc) is 3.07. The zero-order valence-corrected chi connectivity index (χ0v) is 17.0. The van der Waals surface area contributed by atoms with Crippen LogP contribution in [0.25, 0.3) is 0 Å². The molecular formula is C19H30N4O4. The van der Waals surface area contributed by atoms with Gasteiger partial charge >= 0.3 is 6.09 Å². The van der Waals surface area contributed by atoms with Gasteiger partial charge in [-0.3, -0.25) is 14.4 Å². The van der Waals surface area contributed by atoms with Gasteiger partial charge in [-0.2, -0.15) is 5.10 Å². The second-order valence-corrected chi connectivity index (χ2v) is 9.17. The van der Waals surface area contributed by atoms with Crippen LogP contribution in [0.15, 0.2) is 6.20 Å². The average molecular weight is 378 g/mol.